The summed E-state index contributed by atoms with van der Waals surface area (Å²) >= 11 is 0. The highest BCUT2D eigenvalue weighted by atomic mass is 16.3. The van der Waals surface area contributed by atoms with Crippen molar-refractivity contribution in [3.8, 4) is 5.75 Å². The maximum atomic E-state index is 15.2. The number of nitrogens with one attached hydrogen (secondary N) is 12. The van der Waals surface area contributed by atoms with Crippen LogP contribution in [0.4, 0.5) is 0 Å². The van der Waals surface area contributed by atoms with Gasteiger partial charge in [-0.2, -0.15) is 0 Å². The van der Waals surface area contributed by atoms with Crippen molar-refractivity contribution >= 4 is 92.7 Å². The van der Waals surface area contributed by atoms with Crippen molar-refractivity contribution in [2.75, 3.05) is 26.2 Å². The maximum absolute atomic E-state index is 15.2. The van der Waals surface area contributed by atoms with E-state index in [-0.39, 0.29) is 94.9 Å². The number of aliphatic hydroxyl groups excluding tert-OH is 1. The van der Waals surface area contributed by atoms with Crippen LogP contribution in [0, 0.1) is 5.92 Å². The van der Waals surface area contributed by atoms with Gasteiger partial charge in [-0.15, -0.1) is 0 Å². The van der Waals surface area contributed by atoms with Crippen LogP contribution in [0.3, 0.4) is 0 Å². The van der Waals surface area contributed by atoms with E-state index in [4.69, 9.17) is 24.1 Å². The summed E-state index contributed by atoms with van der Waals surface area (Å²) < 4.78 is 40.6. The molecule has 506 valence electrons. The van der Waals surface area contributed by atoms with Gasteiger partial charge in [0.25, 0.3) is 0 Å². The lowest BCUT2D eigenvalue weighted by Crippen LogP contribution is -2.61. The average Bonchev–Trinajstić information content (AvgIpc) is 1.62. The van der Waals surface area contributed by atoms with E-state index in [1.165, 1.54) is 43.7 Å². The Kier molecular flexibility index (Phi) is 21.9. The minimum Gasteiger partial charge on any atom is -0.508 e. The summed E-state index contributed by atoms with van der Waals surface area (Å²) in [7, 11) is 0. The van der Waals surface area contributed by atoms with Crippen molar-refractivity contribution < 1.29 is 69.8 Å². The van der Waals surface area contributed by atoms with Crippen LogP contribution in [-0.2, 0) is 78.4 Å². The standard InChI is InChI=1S/C64H82N18O13/c1-34(2)23-46(56(88)75-45(13-7-21-69-64(66)67)63(95)82-22-8-14-52(82)62(94)72-31-53(65)85)76-58(90)48(25-36-28-70-42-11-5-3-9-40(36)42)78-57(89)47(24-35-15-17-39(84)18-16-35)77-61(93)51(32-83)81-59(91)49(26-37-29-71-43-12-6-4-10-41(37)43)79-60(92)50(27-38-30-68-33-73-38)80-55(87)44-19-20-54(86)74-44/h3-6,9-12,15-18,28-30,33-34,44-52,70-71,83-84H,7-8,13-14,19-27,31-32H2,1-2H3,(H2,65,85)(H,68,73)(H,72,94)(H,74,86)(H,75,88)(H,76,90)(H,77,93)(H,78,89)(H,79,92)(H,80,87)(H,81,91)(H4,66,67,69)/t44-,45?,46-,47-,48+,49?,50?,51-,52+/m0/s1/i1D3,31D2/t34?,44-,45?,46-,47-,48+,49?,50?,51-,52+. The first-order valence-corrected chi connectivity index (χ1v) is 30.8. The molecule has 0 radical (unpaired) electrons. The van der Waals surface area contributed by atoms with Crippen LogP contribution < -0.4 is 65.1 Å². The van der Waals surface area contributed by atoms with Crippen LogP contribution in [0.25, 0.3) is 21.8 Å². The molecule has 3 aromatic heterocycles. The number of amides is 11. The molecule has 20 N–H and O–H groups in total. The van der Waals surface area contributed by atoms with Gasteiger partial charge >= 0.3 is 0 Å². The number of hydrogen-bond donors (Lipinski definition) is 17. The number of para-hydroxylation sites is 2. The highest BCUT2D eigenvalue weighted by Gasteiger charge is 2.40. The van der Waals surface area contributed by atoms with Gasteiger partial charge in [-0.05, 0) is 85.4 Å². The molecule has 6 aromatic rings. The summed E-state index contributed by atoms with van der Waals surface area (Å²) in [6.07, 6.45) is 4.56. The third kappa shape index (κ3) is 19.6. The third-order valence-electron chi connectivity index (χ3n) is 16.1. The van der Waals surface area contributed by atoms with E-state index in [0.717, 1.165) is 4.90 Å². The molecule has 31 nitrogen and oxygen atoms in total. The number of carbonyl (C=O) groups is 11. The van der Waals surface area contributed by atoms with Gasteiger partial charge in [0.1, 0.15) is 60.1 Å². The van der Waals surface area contributed by atoms with E-state index in [2.05, 4.69) is 67.5 Å². The summed E-state index contributed by atoms with van der Waals surface area (Å²) in [5.74, 6) is -12.5. The number of H-pyrrole nitrogens is 3. The summed E-state index contributed by atoms with van der Waals surface area (Å²) in [6, 6.07) is 5.66. The number of aromatic hydroxyl groups is 1. The molecule has 5 heterocycles. The van der Waals surface area contributed by atoms with Crippen LogP contribution >= 0.6 is 0 Å². The topological polar surface area (TPSA) is 490 Å². The number of rotatable bonds is 33. The smallest absolute Gasteiger partial charge is 0.245 e. The highest BCUT2D eigenvalue weighted by Crippen LogP contribution is 2.24. The summed E-state index contributed by atoms with van der Waals surface area (Å²) in [5, 5.41) is 45.2. The number of fused-ring (bicyclic) bond motifs is 2. The number of phenolic OH excluding ortho intramolecular Hbond substituents is 1. The van der Waals surface area contributed by atoms with Gasteiger partial charge in [0, 0.05) is 95.4 Å². The number of nitrogens with zero attached hydrogens (tertiary/aromatic N) is 3. The number of aromatic nitrogens is 4. The molecule has 0 saturated carbocycles. The third-order valence-corrected chi connectivity index (χ3v) is 16.1. The lowest BCUT2D eigenvalue weighted by Gasteiger charge is -2.30. The zero-order chi connectivity index (χ0) is 72.6. The summed E-state index contributed by atoms with van der Waals surface area (Å²) in [5.41, 5.74) is 19.3. The Morgan fingerprint density at radius 2 is 1.23 bits per heavy atom. The molecule has 3 aromatic carbocycles. The van der Waals surface area contributed by atoms with E-state index in [1.807, 2.05) is 5.32 Å². The molecule has 2 aliphatic heterocycles. The number of carbonyl (C=O) groups excluding carboxylic acids is 11. The SMILES string of the molecule is [2H]C([2H])(NC(=O)[C@H]1CCCN1C(=O)C(CCCN=C(N)N)NC(=O)[C@H](CC(C)C([2H])([2H])[2H])NC(=O)[C@@H](Cc1c[nH]c2ccccc12)NC(=O)[C@H](Cc1ccc(O)cc1)NC(=O)[C@H](CO)NC(=O)C(Cc1c[nH]c2ccccc12)NC(=O)C(Cc1cnc[nH]1)NC(=O)[C@@H]1CCC(=O)N1)C(N)=O. The lowest BCUT2D eigenvalue weighted by atomic mass is 9.99. The van der Waals surface area contributed by atoms with E-state index in [0.29, 0.717) is 44.2 Å². The zero-order valence-electron chi connectivity index (χ0n) is 56.9. The Hall–Kier alpha value is -10.8. The molecule has 10 atom stereocenters. The van der Waals surface area contributed by atoms with Gasteiger partial charge in [-0.3, -0.25) is 57.7 Å². The molecular formula is C64H82N18O13. The Morgan fingerprint density at radius 3 is 1.78 bits per heavy atom. The fourth-order valence-electron chi connectivity index (χ4n) is 11.3. The van der Waals surface area contributed by atoms with Gasteiger partial charge in [0.15, 0.2) is 5.96 Å². The number of aliphatic imine (C=N–C) groups is 1. The molecule has 8 rings (SSSR count). The number of phenols is 1. The molecule has 0 spiro atoms. The van der Waals surface area contributed by atoms with Crippen LogP contribution in [0.5, 0.6) is 5.75 Å². The van der Waals surface area contributed by atoms with Gasteiger partial charge in [0.05, 0.1) is 22.2 Å². The number of imidazole rings is 1. The monoisotopic (exact) mass is 1320 g/mol. The number of likely N-dealkylation sites (tertiary alicyclic amines) is 1. The summed E-state index contributed by atoms with van der Waals surface area (Å²) in [4.78, 5) is 173. The molecule has 0 bridgehead atoms. The Morgan fingerprint density at radius 1 is 0.684 bits per heavy atom. The number of aromatic amines is 3. The van der Waals surface area contributed by atoms with Gasteiger partial charge < -0.3 is 95.1 Å². The van der Waals surface area contributed by atoms with E-state index in [1.54, 1.807) is 60.9 Å². The summed E-state index contributed by atoms with van der Waals surface area (Å²) in [6.45, 7) is -5.67. The molecule has 2 fully saturated rings. The maximum Gasteiger partial charge on any atom is 0.245 e. The fourth-order valence-corrected chi connectivity index (χ4v) is 11.3. The molecule has 95 heavy (non-hydrogen) atoms. The number of aliphatic hydroxyl groups is 1. The predicted octanol–water partition coefficient (Wildman–Crippen LogP) is -2.29. The second kappa shape index (κ2) is 33.1. The van der Waals surface area contributed by atoms with Crippen molar-refractivity contribution in [1.82, 2.24) is 72.7 Å². The first kappa shape index (κ1) is 62.9. The van der Waals surface area contributed by atoms with Crippen molar-refractivity contribution in [3.05, 3.63) is 120 Å². The molecular weight excluding hydrogens is 1230 g/mol. The van der Waals surface area contributed by atoms with Crippen LogP contribution in [0.1, 0.15) is 88.0 Å². The van der Waals surface area contributed by atoms with Crippen molar-refractivity contribution in [3.63, 3.8) is 0 Å². The number of benzene rings is 3. The highest BCUT2D eigenvalue weighted by molar-refractivity contribution is 6.00. The van der Waals surface area contributed by atoms with E-state index in [9.17, 15) is 53.4 Å². The van der Waals surface area contributed by atoms with Gasteiger partial charge in [0.2, 0.25) is 65.0 Å². The zero-order valence-corrected chi connectivity index (χ0v) is 51.9. The van der Waals surface area contributed by atoms with Gasteiger partial charge in [-0.1, -0.05) is 62.3 Å². The minimum absolute atomic E-state index is 0.0107. The first-order chi connectivity index (χ1) is 47.5. The van der Waals surface area contributed by atoms with E-state index >= 15 is 9.59 Å². The largest absolute Gasteiger partial charge is 0.508 e. The van der Waals surface area contributed by atoms with Crippen LogP contribution in [0.2, 0.25) is 0 Å². The molecule has 2 saturated heterocycles. The average molecular weight is 1320 g/mol. The first-order valence-electron chi connectivity index (χ1n) is 33.3. The van der Waals surface area contributed by atoms with Crippen molar-refractivity contribution in [2.24, 2.45) is 28.1 Å². The molecule has 31 heteroatoms. The second-order valence-electron chi connectivity index (χ2n) is 23.3. The molecule has 4 unspecified atom stereocenters. The quantitative estimate of drug-likeness (QED) is 0.0117. The van der Waals surface area contributed by atoms with Crippen molar-refractivity contribution in [2.45, 2.75) is 139 Å². The Labute approximate surface area is 552 Å². The van der Waals surface area contributed by atoms with Crippen LogP contribution in [0.15, 0.2) is 103 Å². The molecule has 0 aliphatic carbocycles. The number of nitrogens with two attached hydrogens (primary N) is 3. The van der Waals surface area contributed by atoms with Gasteiger partial charge in [-0.25, -0.2) is 4.98 Å². The predicted molar refractivity (Wildman–Crippen MR) is 346 cm³/mol. The van der Waals surface area contributed by atoms with E-state index < -0.39 is 146 Å². The minimum atomic E-state index is -3.01. The number of hydrogen-bond acceptors (Lipinski definition) is 15. The normalized spacial score (nSPS) is 18.0. The van der Waals surface area contributed by atoms with Crippen molar-refractivity contribution in [1.29, 1.82) is 0 Å². The lowest BCUT2D eigenvalue weighted by molar-refractivity contribution is -0.142. The second-order valence-corrected chi connectivity index (χ2v) is 23.3. The Balaban J connectivity index is 1.08. The number of guanidine groups is 1. The fraction of sp³-hybridized carbons (Fsp3) is 0.422. The molecule has 2 aliphatic rings. The van der Waals surface area contributed by atoms with Crippen LogP contribution in [-0.4, -0.2) is 187 Å². The molecule has 11 amide bonds. The Bertz CT molecular complexity index is 3980. The number of primary amides is 1.